The molecule has 0 fully saturated rings. The van der Waals surface area contributed by atoms with Crippen LogP contribution in [0.25, 0.3) is 11.4 Å². The fourth-order valence-electron chi connectivity index (χ4n) is 2.76. The van der Waals surface area contributed by atoms with E-state index in [1.54, 1.807) is 0 Å². The maximum atomic E-state index is 11.4. The third kappa shape index (κ3) is 4.36. The molecule has 2 aromatic heterocycles. The number of aryl methyl sites for hydroxylation is 2. The highest BCUT2D eigenvalue weighted by Crippen LogP contribution is 2.14. The van der Waals surface area contributed by atoms with Crippen LogP contribution in [0.2, 0.25) is 0 Å². The molecule has 142 valence electrons. The number of aromatic hydroxyl groups is 1. The molecule has 4 aromatic rings. The van der Waals surface area contributed by atoms with E-state index in [-0.39, 0.29) is 5.75 Å². The molecule has 0 aliphatic carbocycles. The minimum atomic E-state index is -0.522. The Hall–Kier alpha value is -4.25. The van der Waals surface area contributed by atoms with Crippen molar-refractivity contribution in [1.82, 2.24) is 30.6 Å². The summed E-state index contributed by atoms with van der Waals surface area (Å²) in [7, 11) is 0. The van der Waals surface area contributed by atoms with Gasteiger partial charge in [0.05, 0.1) is 12.0 Å². The lowest BCUT2D eigenvalue weighted by atomic mass is 10.1. The smallest absolute Gasteiger partial charge is 0.293 e. The topological polar surface area (TPSA) is 120 Å². The van der Waals surface area contributed by atoms with Crippen molar-refractivity contribution >= 4 is 0 Å². The summed E-state index contributed by atoms with van der Waals surface area (Å²) in [5.74, 6) is 6.49. The Morgan fingerprint density at radius 1 is 0.931 bits per heavy atom. The molecule has 0 aliphatic heterocycles. The summed E-state index contributed by atoms with van der Waals surface area (Å²) in [6, 6.07) is 15.5. The summed E-state index contributed by atoms with van der Waals surface area (Å²) in [5.41, 5.74) is 3.59. The van der Waals surface area contributed by atoms with Gasteiger partial charge in [0.15, 0.2) is 0 Å². The van der Waals surface area contributed by atoms with Gasteiger partial charge in [-0.2, -0.15) is 5.21 Å². The van der Waals surface area contributed by atoms with Crippen LogP contribution in [-0.2, 0) is 12.8 Å². The summed E-state index contributed by atoms with van der Waals surface area (Å²) in [5, 5.41) is 23.6. The van der Waals surface area contributed by atoms with Gasteiger partial charge in [0.1, 0.15) is 0 Å². The van der Waals surface area contributed by atoms with Crippen LogP contribution < -0.4 is 5.56 Å². The molecule has 2 aromatic carbocycles. The lowest BCUT2D eigenvalue weighted by Gasteiger charge is -2.03. The maximum Gasteiger partial charge on any atom is 0.293 e. The van der Waals surface area contributed by atoms with E-state index >= 15 is 0 Å². The van der Waals surface area contributed by atoms with Crippen LogP contribution in [0, 0.1) is 11.8 Å². The molecule has 8 heteroatoms. The second-order valence-corrected chi connectivity index (χ2v) is 6.29. The molecule has 0 spiro atoms. The first kappa shape index (κ1) is 18.1. The fraction of sp³-hybridized carbons (Fsp3) is 0.0952. The van der Waals surface area contributed by atoms with Crippen LogP contribution in [-0.4, -0.2) is 35.7 Å². The minimum Gasteiger partial charge on any atom is -0.502 e. The van der Waals surface area contributed by atoms with Crippen molar-refractivity contribution in [3.63, 3.8) is 0 Å². The molecule has 0 unspecified atom stereocenters. The first-order valence-electron chi connectivity index (χ1n) is 8.89. The minimum absolute atomic E-state index is 0.319. The Labute approximate surface area is 165 Å². The molecule has 0 saturated carbocycles. The fourth-order valence-corrected chi connectivity index (χ4v) is 2.76. The Morgan fingerprint density at radius 3 is 2.28 bits per heavy atom. The molecule has 8 nitrogen and oxygen atoms in total. The number of nitrogens with one attached hydrogen (secondary N) is 2. The zero-order valence-electron chi connectivity index (χ0n) is 15.3. The van der Waals surface area contributed by atoms with Crippen molar-refractivity contribution in [2.75, 3.05) is 0 Å². The molecule has 29 heavy (non-hydrogen) atoms. The third-order valence-corrected chi connectivity index (χ3v) is 4.35. The summed E-state index contributed by atoms with van der Waals surface area (Å²) in [6.45, 7) is 0. The zero-order valence-corrected chi connectivity index (χ0v) is 15.3. The first-order chi connectivity index (χ1) is 14.2. The molecular formula is C21H16N6O2. The Morgan fingerprint density at radius 2 is 1.62 bits per heavy atom. The van der Waals surface area contributed by atoms with Crippen LogP contribution in [0.3, 0.4) is 0 Å². The summed E-state index contributed by atoms with van der Waals surface area (Å²) >= 11 is 0. The van der Waals surface area contributed by atoms with Gasteiger partial charge in [-0.05, 0) is 60.0 Å². The van der Waals surface area contributed by atoms with E-state index in [1.165, 1.54) is 6.33 Å². The second kappa shape index (κ2) is 8.19. The number of H-pyrrole nitrogens is 2. The molecule has 2 heterocycles. The monoisotopic (exact) mass is 384 g/mol. The highest BCUT2D eigenvalue weighted by molar-refractivity contribution is 5.56. The van der Waals surface area contributed by atoms with Gasteiger partial charge in [-0.3, -0.25) is 4.79 Å². The van der Waals surface area contributed by atoms with Crippen LogP contribution in [0.5, 0.6) is 5.75 Å². The molecule has 0 amide bonds. The van der Waals surface area contributed by atoms with Gasteiger partial charge >= 0.3 is 0 Å². The molecule has 4 rings (SSSR count). The molecular weight excluding hydrogens is 368 g/mol. The SMILES string of the molecule is O=c1[nH]cnc(CCc2ccc(C#Cc3ccc(-c4nn[nH]n4)cc3)cc2)c1O. The van der Waals surface area contributed by atoms with Crippen molar-refractivity contribution in [2.24, 2.45) is 0 Å². The predicted octanol–water partition coefficient (Wildman–Crippen LogP) is 1.84. The number of aromatic amines is 2. The molecule has 3 N–H and O–H groups in total. The van der Waals surface area contributed by atoms with Gasteiger partial charge in [0, 0.05) is 16.7 Å². The lowest BCUT2D eigenvalue weighted by Crippen LogP contribution is -2.09. The van der Waals surface area contributed by atoms with E-state index in [1.807, 2.05) is 48.5 Å². The normalized spacial score (nSPS) is 10.3. The Bertz CT molecular complexity index is 1220. The van der Waals surface area contributed by atoms with E-state index in [9.17, 15) is 9.90 Å². The molecule has 0 radical (unpaired) electrons. The maximum absolute atomic E-state index is 11.4. The molecule has 0 bridgehead atoms. The van der Waals surface area contributed by atoms with Gasteiger partial charge in [0.2, 0.25) is 11.6 Å². The van der Waals surface area contributed by atoms with Gasteiger partial charge in [-0.15, -0.1) is 10.2 Å². The Balaban J connectivity index is 1.40. The number of rotatable bonds is 4. The highest BCUT2D eigenvalue weighted by Gasteiger charge is 2.06. The van der Waals surface area contributed by atoms with Crippen molar-refractivity contribution in [3.05, 3.63) is 87.6 Å². The first-order valence-corrected chi connectivity index (χ1v) is 8.89. The number of nitrogens with zero attached hydrogens (tertiary/aromatic N) is 4. The van der Waals surface area contributed by atoms with E-state index in [0.29, 0.717) is 24.4 Å². The second-order valence-electron chi connectivity index (χ2n) is 6.29. The number of hydrogen-bond acceptors (Lipinski definition) is 6. The molecule has 0 atom stereocenters. The van der Waals surface area contributed by atoms with E-state index in [0.717, 1.165) is 22.3 Å². The molecule has 0 saturated heterocycles. The average Bonchev–Trinajstić information content (AvgIpc) is 3.29. The van der Waals surface area contributed by atoms with Crippen LogP contribution in [0.1, 0.15) is 22.4 Å². The van der Waals surface area contributed by atoms with Gasteiger partial charge in [-0.25, -0.2) is 4.98 Å². The summed E-state index contributed by atoms with van der Waals surface area (Å²) < 4.78 is 0. The number of benzene rings is 2. The van der Waals surface area contributed by atoms with Gasteiger partial charge in [-0.1, -0.05) is 24.0 Å². The van der Waals surface area contributed by atoms with Crippen molar-refractivity contribution in [2.45, 2.75) is 12.8 Å². The van der Waals surface area contributed by atoms with Crippen LogP contribution in [0.15, 0.2) is 59.7 Å². The van der Waals surface area contributed by atoms with Crippen LogP contribution >= 0.6 is 0 Å². The lowest BCUT2D eigenvalue weighted by molar-refractivity contribution is 0.454. The van der Waals surface area contributed by atoms with Gasteiger partial charge < -0.3 is 10.1 Å². The largest absolute Gasteiger partial charge is 0.502 e. The molecule has 0 aliphatic rings. The average molecular weight is 384 g/mol. The van der Waals surface area contributed by atoms with E-state index in [2.05, 4.69) is 42.4 Å². The zero-order chi connectivity index (χ0) is 20.1. The summed E-state index contributed by atoms with van der Waals surface area (Å²) in [4.78, 5) is 17.7. The van der Waals surface area contributed by atoms with Gasteiger partial charge in [0.25, 0.3) is 5.56 Å². The standard InChI is InChI=1S/C21H16N6O2/c28-19-18(22-13-23-21(19)29)12-9-15-4-1-14(2-5-15)3-6-16-7-10-17(11-8-16)20-24-26-27-25-20/h1-2,4-5,7-8,10-11,13,28H,9,12H2,(H,22,23,29)(H,24,25,26,27). The predicted molar refractivity (Wildman–Crippen MR) is 106 cm³/mol. The third-order valence-electron chi connectivity index (χ3n) is 4.35. The van der Waals surface area contributed by atoms with Crippen molar-refractivity contribution in [3.8, 4) is 29.0 Å². The van der Waals surface area contributed by atoms with Crippen molar-refractivity contribution < 1.29 is 5.11 Å². The number of tetrazole rings is 1. The van der Waals surface area contributed by atoms with Crippen LogP contribution in [0.4, 0.5) is 0 Å². The summed E-state index contributed by atoms with van der Waals surface area (Å²) in [6.07, 6.45) is 2.44. The van der Waals surface area contributed by atoms with E-state index < -0.39 is 5.56 Å². The number of aromatic nitrogens is 6. The Kier molecular flexibility index (Phi) is 5.12. The number of hydrogen-bond donors (Lipinski definition) is 3. The van der Waals surface area contributed by atoms with Crippen molar-refractivity contribution in [1.29, 1.82) is 0 Å². The highest BCUT2D eigenvalue weighted by atomic mass is 16.3. The van der Waals surface area contributed by atoms with E-state index in [4.69, 9.17) is 0 Å². The quantitative estimate of drug-likeness (QED) is 0.462.